The second-order valence-electron chi connectivity index (χ2n) is 3.70. The lowest BCUT2D eigenvalue weighted by Gasteiger charge is -2.11. The third-order valence-electron chi connectivity index (χ3n) is 2.68. The van der Waals surface area contributed by atoms with Gasteiger partial charge < -0.3 is 15.4 Å². The number of rotatable bonds is 2. The molecule has 0 aromatic carbocycles. The number of aliphatic hydroxyl groups is 1. The van der Waals surface area contributed by atoms with Gasteiger partial charge >= 0.3 is 5.69 Å². The van der Waals surface area contributed by atoms with Gasteiger partial charge in [-0.15, -0.1) is 0 Å². The van der Waals surface area contributed by atoms with Gasteiger partial charge in [0, 0.05) is 18.3 Å². The highest BCUT2D eigenvalue weighted by Crippen LogP contribution is 2.23. The average molecular weight is 211 g/mol. The minimum atomic E-state index is -0.500. The number of aromatic amines is 2. The molecular formula is C9H13N3O3. The summed E-state index contributed by atoms with van der Waals surface area (Å²) in [5.74, 6) is 0. The first kappa shape index (κ1) is 10.1. The van der Waals surface area contributed by atoms with Crippen molar-refractivity contribution in [2.75, 3.05) is 6.61 Å². The van der Waals surface area contributed by atoms with Crippen LogP contribution in [-0.4, -0.2) is 27.7 Å². The van der Waals surface area contributed by atoms with Crippen molar-refractivity contribution in [1.82, 2.24) is 15.3 Å². The first-order valence-electron chi connectivity index (χ1n) is 4.89. The fourth-order valence-electron chi connectivity index (χ4n) is 1.89. The summed E-state index contributed by atoms with van der Waals surface area (Å²) in [4.78, 5) is 26.9. The van der Waals surface area contributed by atoms with Crippen molar-refractivity contribution in [3.8, 4) is 0 Å². The Kier molecular flexibility index (Phi) is 2.70. The third kappa shape index (κ3) is 2.00. The molecule has 1 aliphatic rings. The minimum Gasteiger partial charge on any atom is -0.395 e. The van der Waals surface area contributed by atoms with E-state index in [2.05, 4.69) is 15.3 Å². The van der Waals surface area contributed by atoms with E-state index in [4.69, 9.17) is 5.11 Å². The van der Waals surface area contributed by atoms with E-state index in [1.807, 2.05) is 0 Å². The first-order chi connectivity index (χ1) is 7.20. The molecule has 2 unspecified atom stereocenters. The second kappa shape index (κ2) is 4.00. The van der Waals surface area contributed by atoms with Crippen LogP contribution in [0.5, 0.6) is 0 Å². The molecule has 1 aliphatic heterocycles. The van der Waals surface area contributed by atoms with Gasteiger partial charge in [-0.2, -0.15) is 0 Å². The Labute approximate surface area is 85.4 Å². The Balaban J connectivity index is 2.24. The van der Waals surface area contributed by atoms with Gasteiger partial charge in [-0.3, -0.25) is 9.78 Å². The maximum Gasteiger partial charge on any atom is 0.325 e. The number of aromatic nitrogens is 2. The molecule has 1 aromatic heterocycles. The molecule has 1 fully saturated rings. The Morgan fingerprint density at radius 2 is 2.20 bits per heavy atom. The van der Waals surface area contributed by atoms with E-state index in [-0.39, 0.29) is 24.2 Å². The molecule has 0 bridgehead atoms. The summed E-state index contributed by atoms with van der Waals surface area (Å²) in [5.41, 5.74) is -0.346. The normalized spacial score (nSPS) is 25.7. The predicted octanol–water partition coefficient (Wildman–Crippen LogP) is -1.15. The Hall–Kier alpha value is -1.40. The number of nitrogens with one attached hydrogen (secondary N) is 3. The zero-order valence-corrected chi connectivity index (χ0v) is 8.12. The molecule has 0 radical (unpaired) electrons. The lowest BCUT2D eigenvalue weighted by atomic mass is 10.1. The smallest absolute Gasteiger partial charge is 0.325 e. The summed E-state index contributed by atoms with van der Waals surface area (Å²) in [6.45, 7) is 0.0672. The molecule has 0 saturated carbocycles. The molecule has 2 rings (SSSR count). The number of hydrogen-bond donors (Lipinski definition) is 4. The van der Waals surface area contributed by atoms with E-state index >= 15 is 0 Å². The van der Waals surface area contributed by atoms with Crippen LogP contribution in [0.1, 0.15) is 24.4 Å². The van der Waals surface area contributed by atoms with Crippen LogP contribution in [0.3, 0.4) is 0 Å². The summed E-state index contributed by atoms with van der Waals surface area (Å²) in [6, 6.07) is -0.0379. The van der Waals surface area contributed by atoms with Gasteiger partial charge in [0.25, 0.3) is 5.56 Å². The average Bonchev–Trinajstić information content (AvgIpc) is 2.66. The van der Waals surface area contributed by atoms with Crippen LogP contribution < -0.4 is 16.6 Å². The van der Waals surface area contributed by atoms with E-state index in [0.717, 1.165) is 12.8 Å². The molecule has 0 amide bonds. The monoisotopic (exact) mass is 211 g/mol. The molecule has 15 heavy (non-hydrogen) atoms. The molecule has 1 aromatic rings. The van der Waals surface area contributed by atoms with Crippen LogP contribution in [0.15, 0.2) is 15.8 Å². The van der Waals surface area contributed by atoms with Crippen LogP contribution in [0.4, 0.5) is 0 Å². The third-order valence-corrected chi connectivity index (χ3v) is 2.68. The standard InChI is InChI=1S/C9H13N3O3/c13-4-5-1-2-7(11-5)6-3-10-9(15)12-8(6)14/h3,5,7,11,13H,1-2,4H2,(H2,10,12,14,15). The van der Waals surface area contributed by atoms with Gasteiger partial charge in [0.15, 0.2) is 0 Å². The van der Waals surface area contributed by atoms with Crippen LogP contribution in [0.25, 0.3) is 0 Å². The van der Waals surface area contributed by atoms with Gasteiger partial charge in [-0.25, -0.2) is 4.79 Å². The van der Waals surface area contributed by atoms with Crippen molar-refractivity contribution in [3.63, 3.8) is 0 Å². The molecule has 2 atom stereocenters. The van der Waals surface area contributed by atoms with E-state index in [1.54, 1.807) is 0 Å². The number of H-pyrrole nitrogens is 2. The van der Waals surface area contributed by atoms with E-state index in [9.17, 15) is 9.59 Å². The molecule has 6 nitrogen and oxygen atoms in total. The van der Waals surface area contributed by atoms with Crippen molar-refractivity contribution in [2.24, 2.45) is 0 Å². The van der Waals surface area contributed by atoms with Crippen molar-refractivity contribution in [3.05, 3.63) is 32.6 Å². The van der Waals surface area contributed by atoms with Crippen LogP contribution >= 0.6 is 0 Å². The quantitative estimate of drug-likeness (QED) is 0.496. The van der Waals surface area contributed by atoms with E-state index in [1.165, 1.54) is 6.20 Å². The molecular weight excluding hydrogens is 198 g/mol. The largest absolute Gasteiger partial charge is 0.395 e. The Morgan fingerprint density at radius 3 is 2.80 bits per heavy atom. The van der Waals surface area contributed by atoms with Crippen molar-refractivity contribution < 1.29 is 5.11 Å². The maximum absolute atomic E-state index is 11.4. The second-order valence-corrected chi connectivity index (χ2v) is 3.70. The Bertz CT molecular complexity index is 450. The van der Waals surface area contributed by atoms with Crippen molar-refractivity contribution >= 4 is 0 Å². The van der Waals surface area contributed by atoms with E-state index in [0.29, 0.717) is 5.56 Å². The SMILES string of the molecule is O=c1[nH]cc(C2CCC(CO)N2)c(=O)[nH]1. The molecule has 6 heteroatoms. The molecule has 2 heterocycles. The summed E-state index contributed by atoms with van der Waals surface area (Å²) < 4.78 is 0. The molecule has 0 spiro atoms. The van der Waals surface area contributed by atoms with Gasteiger partial charge in [-0.1, -0.05) is 0 Å². The van der Waals surface area contributed by atoms with Crippen molar-refractivity contribution in [2.45, 2.75) is 24.9 Å². The summed E-state index contributed by atoms with van der Waals surface area (Å²) in [6.07, 6.45) is 3.05. The Morgan fingerprint density at radius 1 is 1.40 bits per heavy atom. The zero-order chi connectivity index (χ0) is 10.8. The first-order valence-corrected chi connectivity index (χ1v) is 4.89. The molecule has 0 aliphatic carbocycles. The number of hydrogen-bond acceptors (Lipinski definition) is 4. The highest BCUT2D eigenvalue weighted by atomic mass is 16.3. The summed E-state index contributed by atoms with van der Waals surface area (Å²) in [5, 5.41) is 12.1. The minimum absolute atomic E-state index is 0.0429. The summed E-state index contributed by atoms with van der Waals surface area (Å²) in [7, 11) is 0. The topological polar surface area (TPSA) is 98.0 Å². The van der Waals surface area contributed by atoms with Crippen LogP contribution in [-0.2, 0) is 0 Å². The van der Waals surface area contributed by atoms with Gasteiger partial charge in [0.1, 0.15) is 0 Å². The lowest BCUT2D eigenvalue weighted by molar-refractivity contribution is 0.251. The highest BCUT2D eigenvalue weighted by molar-refractivity contribution is 5.12. The number of aliphatic hydroxyl groups excluding tert-OH is 1. The maximum atomic E-state index is 11.4. The molecule has 82 valence electrons. The molecule has 4 N–H and O–H groups in total. The zero-order valence-electron chi connectivity index (χ0n) is 8.12. The molecule has 1 saturated heterocycles. The summed E-state index contributed by atoms with van der Waals surface area (Å²) >= 11 is 0. The predicted molar refractivity (Wildman–Crippen MR) is 53.7 cm³/mol. The van der Waals surface area contributed by atoms with E-state index < -0.39 is 5.69 Å². The van der Waals surface area contributed by atoms with Gasteiger partial charge in [0.2, 0.25) is 0 Å². The van der Waals surface area contributed by atoms with Crippen LogP contribution in [0.2, 0.25) is 0 Å². The fraction of sp³-hybridized carbons (Fsp3) is 0.556. The van der Waals surface area contributed by atoms with Gasteiger partial charge in [0.05, 0.1) is 12.2 Å². The fourth-order valence-corrected chi connectivity index (χ4v) is 1.89. The van der Waals surface area contributed by atoms with Crippen molar-refractivity contribution in [1.29, 1.82) is 0 Å². The lowest BCUT2D eigenvalue weighted by Crippen LogP contribution is -2.32. The highest BCUT2D eigenvalue weighted by Gasteiger charge is 2.26. The van der Waals surface area contributed by atoms with Gasteiger partial charge in [-0.05, 0) is 12.8 Å². The van der Waals surface area contributed by atoms with Crippen LogP contribution in [0, 0.1) is 0 Å².